The van der Waals surface area contributed by atoms with E-state index in [1.54, 1.807) is 0 Å². The molecule has 0 radical (unpaired) electrons. The summed E-state index contributed by atoms with van der Waals surface area (Å²) in [6.07, 6.45) is 0.898. The van der Waals surface area contributed by atoms with Gasteiger partial charge in [-0.3, -0.25) is 0 Å². The fourth-order valence-electron chi connectivity index (χ4n) is 0.771. The minimum Gasteiger partial charge on any atom is -0.412 e. The van der Waals surface area contributed by atoms with Crippen LogP contribution in [0.2, 0.25) is 0 Å². The first-order chi connectivity index (χ1) is 5.89. The van der Waals surface area contributed by atoms with Gasteiger partial charge < -0.3 is 60.3 Å². The van der Waals surface area contributed by atoms with Crippen LogP contribution in [0.25, 0.3) is 0 Å². The van der Waals surface area contributed by atoms with Crippen LogP contribution in [0.5, 0.6) is 0 Å². The van der Waals surface area contributed by atoms with E-state index in [-0.39, 0.29) is 25.0 Å². The Morgan fingerprint density at radius 2 is 1.79 bits per heavy atom. The van der Waals surface area contributed by atoms with Crippen LogP contribution in [0.3, 0.4) is 0 Å². The number of hydrogen-bond acceptors (Lipinski definition) is 4. The van der Waals surface area contributed by atoms with E-state index in [9.17, 15) is 0 Å². The van der Waals surface area contributed by atoms with Gasteiger partial charge in [-0.1, -0.05) is 15.6 Å². The van der Waals surface area contributed by atoms with Crippen LogP contribution in [-0.4, -0.2) is 20.7 Å². The standard InChI is InChI=1S/C7H14N2S4.Zn/c1-3-7(2,9-6(12)13)4-8-5(10)11;/h3-4H2,1-2H3,(H2,8,10,11)(H2,9,12,13);/q;+2/p-2. The number of rotatable bonds is 4. The maximum atomic E-state index is 4.81. The van der Waals surface area contributed by atoms with Crippen LogP contribution in [0, 0.1) is 0 Å². The summed E-state index contributed by atoms with van der Waals surface area (Å²) < 4.78 is 0.748. The van der Waals surface area contributed by atoms with Crippen molar-refractivity contribution >= 4 is 58.3 Å². The third-order valence-corrected chi connectivity index (χ3v) is 2.30. The molecule has 0 heterocycles. The monoisotopic (exact) mass is 316 g/mol. The summed E-state index contributed by atoms with van der Waals surface area (Å²) in [5.41, 5.74) is -0.165. The van der Waals surface area contributed by atoms with Crippen molar-refractivity contribution in [3.63, 3.8) is 0 Å². The first-order valence-corrected chi connectivity index (χ1v) is 5.47. The molecule has 0 aromatic heterocycles. The van der Waals surface area contributed by atoms with Crippen molar-refractivity contribution in [1.82, 2.24) is 10.6 Å². The molecule has 1 atom stereocenters. The molecular weight excluding hydrogens is 306 g/mol. The van der Waals surface area contributed by atoms with Gasteiger partial charge in [0.1, 0.15) is 0 Å². The second kappa shape index (κ2) is 8.05. The molecule has 0 aliphatic heterocycles. The predicted molar refractivity (Wildman–Crippen MR) is 69.8 cm³/mol. The van der Waals surface area contributed by atoms with Crippen molar-refractivity contribution in [3.8, 4) is 0 Å². The van der Waals surface area contributed by atoms with Gasteiger partial charge in [-0.15, -0.1) is 0 Å². The molecule has 0 spiro atoms. The third kappa shape index (κ3) is 8.18. The van der Waals surface area contributed by atoms with E-state index >= 15 is 0 Å². The van der Waals surface area contributed by atoms with Crippen LogP contribution in [0.1, 0.15) is 20.3 Å². The molecule has 0 saturated heterocycles. The maximum absolute atomic E-state index is 4.81. The summed E-state index contributed by atoms with van der Waals surface area (Å²) in [6.45, 7) is 4.71. The Labute approximate surface area is 120 Å². The first kappa shape index (κ1) is 17.2. The van der Waals surface area contributed by atoms with Gasteiger partial charge in [-0.05, 0) is 13.3 Å². The van der Waals surface area contributed by atoms with Crippen molar-refractivity contribution in [2.24, 2.45) is 0 Å². The summed E-state index contributed by atoms with van der Waals surface area (Å²) >= 11 is 19.1. The minimum absolute atomic E-state index is 0. The van der Waals surface area contributed by atoms with Gasteiger partial charge in [0, 0.05) is 12.1 Å². The van der Waals surface area contributed by atoms with Gasteiger partial charge in [-0.25, -0.2) is 0 Å². The van der Waals surface area contributed by atoms with Crippen LogP contribution >= 0.6 is 24.4 Å². The largest absolute Gasteiger partial charge is 2.00 e. The van der Waals surface area contributed by atoms with Gasteiger partial charge >= 0.3 is 19.5 Å². The molecule has 2 nitrogen and oxygen atoms in total. The molecule has 14 heavy (non-hydrogen) atoms. The van der Waals surface area contributed by atoms with Gasteiger partial charge in [0.15, 0.2) is 0 Å². The molecule has 0 fully saturated rings. The number of nitrogens with one attached hydrogen (secondary N) is 2. The van der Waals surface area contributed by atoms with Gasteiger partial charge in [0.2, 0.25) is 0 Å². The van der Waals surface area contributed by atoms with E-state index in [1.165, 1.54) is 0 Å². The molecular formula is C7H12N2S4Zn. The minimum atomic E-state index is -0.165. The van der Waals surface area contributed by atoms with E-state index in [0.29, 0.717) is 15.2 Å². The Hall–Kier alpha value is 0.843. The Balaban J connectivity index is 0. The summed E-state index contributed by atoms with van der Waals surface area (Å²) in [6, 6.07) is 0. The topological polar surface area (TPSA) is 24.1 Å². The van der Waals surface area contributed by atoms with Gasteiger partial charge in [-0.2, -0.15) is 0 Å². The SMILES string of the molecule is CCC(C)(CNC(=S)[S-])NC(=S)[S-].[Zn+2]. The maximum Gasteiger partial charge on any atom is 2.00 e. The molecule has 0 aliphatic rings. The number of hydrogen-bond donors (Lipinski definition) is 2. The second-order valence-electron chi connectivity index (χ2n) is 2.97. The quantitative estimate of drug-likeness (QED) is 0.456. The van der Waals surface area contributed by atoms with E-state index in [2.05, 4.69) is 17.6 Å². The smallest absolute Gasteiger partial charge is 0.412 e. The Kier molecular flexibility index (Phi) is 9.91. The van der Waals surface area contributed by atoms with Crippen molar-refractivity contribution in [3.05, 3.63) is 0 Å². The van der Waals surface area contributed by atoms with Crippen molar-refractivity contribution in [2.75, 3.05) is 6.54 Å². The van der Waals surface area contributed by atoms with Gasteiger partial charge in [0.05, 0.1) is 0 Å². The van der Waals surface area contributed by atoms with E-state index in [0.717, 1.165) is 6.42 Å². The van der Waals surface area contributed by atoms with E-state index < -0.39 is 0 Å². The normalized spacial score (nSPS) is 13.3. The van der Waals surface area contributed by atoms with Crippen molar-refractivity contribution in [2.45, 2.75) is 25.8 Å². The first-order valence-electron chi connectivity index (χ1n) is 3.83. The molecule has 0 aliphatic carbocycles. The van der Waals surface area contributed by atoms with Crippen LogP contribution in [0.15, 0.2) is 0 Å². The molecule has 1 unspecified atom stereocenters. The molecule has 76 valence electrons. The van der Waals surface area contributed by atoms with Crippen molar-refractivity contribution in [1.29, 1.82) is 0 Å². The molecule has 0 amide bonds. The molecule has 0 rings (SSSR count). The average molecular weight is 318 g/mol. The summed E-state index contributed by atoms with van der Waals surface area (Å²) in [4.78, 5) is 0. The van der Waals surface area contributed by atoms with Crippen molar-refractivity contribution < 1.29 is 19.5 Å². The number of thiocarbonyl (C=S) groups is 2. The summed E-state index contributed by atoms with van der Waals surface area (Å²) in [5.74, 6) is 0. The Morgan fingerprint density at radius 1 is 1.29 bits per heavy atom. The fraction of sp³-hybridized carbons (Fsp3) is 0.714. The summed E-state index contributed by atoms with van der Waals surface area (Å²) in [7, 11) is 0. The van der Waals surface area contributed by atoms with Crippen LogP contribution in [-0.2, 0) is 44.7 Å². The van der Waals surface area contributed by atoms with E-state index in [4.69, 9.17) is 49.7 Å². The Morgan fingerprint density at radius 3 is 2.07 bits per heavy atom. The zero-order valence-corrected chi connectivity index (χ0v) is 14.5. The van der Waals surface area contributed by atoms with Crippen LogP contribution < -0.4 is 10.6 Å². The molecule has 0 aromatic carbocycles. The molecule has 0 aromatic rings. The average Bonchev–Trinajstić information content (AvgIpc) is 2.00. The van der Waals surface area contributed by atoms with Crippen LogP contribution in [0.4, 0.5) is 0 Å². The van der Waals surface area contributed by atoms with E-state index in [1.807, 2.05) is 6.92 Å². The second-order valence-corrected chi connectivity index (χ2v) is 5.12. The predicted octanol–water partition coefficient (Wildman–Crippen LogP) is 0.995. The van der Waals surface area contributed by atoms with Gasteiger partial charge in [0.25, 0.3) is 0 Å². The summed E-state index contributed by atoms with van der Waals surface area (Å²) in [5, 5.41) is 5.96. The molecule has 2 N–H and O–H groups in total. The third-order valence-electron chi connectivity index (χ3n) is 1.81. The molecule has 0 saturated carbocycles. The Bertz CT molecular complexity index is 212. The molecule has 0 bridgehead atoms. The molecule has 7 heteroatoms. The zero-order chi connectivity index (χ0) is 10.5. The fourth-order valence-corrected chi connectivity index (χ4v) is 1.41. The zero-order valence-electron chi connectivity index (χ0n) is 8.25.